The molecule has 0 fully saturated rings. The van der Waals surface area contributed by atoms with Crippen molar-refractivity contribution in [2.45, 2.75) is 40.0 Å². The van der Waals surface area contributed by atoms with Gasteiger partial charge in [0.2, 0.25) is 0 Å². The Morgan fingerprint density at radius 3 is 2.02 bits per heavy atom. The standard InChI is InChI=1S/C46H36N4O.Pt/c1-29-12-10-15-38-39-16-11-13-30(2)45(39)49(44(29)38)33-21-23-48-43(27-33)50-41-18-7-6-14-36(41)37-20-19-34(28-42(37)50)51-35-25-31(40-17-8-9-22-47-40)24-32(26-35)46(3,4)5;/h6-24,26-27H,1-5H3;/q-2;+2. The fourth-order valence-electron chi connectivity index (χ4n) is 7.37. The zero-order valence-electron chi connectivity index (χ0n) is 29.6. The number of aryl methyl sites for hydroxylation is 2. The molecule has 0 saturated heterocycles. The number of aromatic nitrogens is 4. The minimum absolute atomic E-state index is 0. The van der Waals surface area contributed by atoms with E-state index in [2.05, 4.69) is 152 Å². The Morgan fingerprint density at radius 1 is 0.596 bits per heavy atom. The van der Waals surface area contributed by atoms with Crippen LogP contribution in [0.5, 0.6) is 11.5 Å². The molecule has 9 rings (SSSR count). The zero-order chi connectivity index (χ0) is 34.9. The number of pyridine rings is 2. The molecule has 5 aromatic carbocycles. The van der Waals surface area contributed by atoms with Crippen molar-refractivity contribution in [3.8, 4) is 34.3 Å². The van der Waals surface area contributed by atoms with Gasteiger partial charge in [-0.3, -0.25) is 0 Å². The number of rotatable bonds is 5. The van der Waals surface area contributed by atoms with Crippen molar-refractivity contribution in [2.24, 2.45) is 0 Å². The van der Waals surface area contributed by atoms with Crippen molar-refractivity contribution in [3.63, 3.8) is 0 Å². The third-order valence-electron chi connectivity index (χ3n) is 9.86. The molecule has 5 nitrogen and oxygen atoms in total. The molecule has 0 N–H and O–H groups in total. The van der Waals surface area contributed by atoms with Gasteiger partial charge in [-0.1, -0.05) is 105 Å². The number of nitrogens with zero attached hydrogens (tertiary/aromatic N) is 4. The minimum Gasteiger partial charge on any atom is -0.503 e. The van der Waals surface area contributed by atoms with E-state index in [-0.39, 0.29) is 26.5 Å². The first-order chi connectivity index (χ1) is 24.7. The Labute approximate surface area is 317 Å². The molecule has 0 radical (unpaired) electrons. The van der Waals surface area contributed by atoms with Crippen LogP contribution in [0.4, 0.5) is 0 Å². The second-order valence-corrected chi connectivity index (χ2v) is 14.3. The smallest absolute Gasteiger partial charge is 0.503 e. The number of hydrogen-bond acceptors (Lipinski definition) is 3. The fourth-order valence-corrected chi connectivity index (χ4v) is 7.37. The summed E-state index contributed by atoms with van der Waals surface area (Å²) in [5.41, 5.74) is 10.7. The summed E-state index contributed by atoms with van der Waals surface area (Å²) in [4.78, 5) is 9.56. The van der Waals surface area contributed by atoms with Crippen molar-refractivity contribution in [1.29, 1.82) is 0 Å². The Hall–Kier alpha value is -5.51. The molecule has 4 aromatic heterocycles. The molecule has 0 saturated carbocycles. The largest absolute Gasteiger partial charge is 2.00 e. The van der Waals surface area contributed by atoms with Crippen molar-refractivity contribution >= 4 is 43.6 Å². The van der Waals surface area contributed by atoms with Crippen molar-refractivity contribution in [2.75, 3.05) is 0 Å². The SMILES string of the molecule is Cc1cccc2c3cccc(C)c3n(-c3ccnc(-n4c5[c-]c(Oc6[c-]c(-c7ccccn7)cc(C(C)(C)C)c6)ccc5c5ccccc54)c3)c12.[Pt+2]. The molecule has 4 heterocycles. The molecule has 0 unspecified atom stereocenters. The van der Waals surface area contributed by atoms with E-state index in [9.17, 15) is 0 Å². The summed E-state index contributed by atoms with van der Waals surface area (Å²) in [5, 5.41) is 4.70. The quantitative estimate of drug-likeness (QED) is 0.162. The van der Waals surface area contributed by atoms with Gasteiger partial charge in [0.1, 0.15) is 5.82 Å². The maximum Gasteiger partial charge on any atom is 2.00 e. The van der Waals surface area contributed by atoms with Gasteiger partial charge >= 0.3 is 21.1 Å². The van der Waals surface area contributed by atoms with Crippen LogP contribution in [0.3, 0.4) is 0 Å². The Bertz CT molecular complexity index is 2730. The average Bonchev–Trinajstić information content (AvgIpc) is 3.66. The molecule has 256 valence electrons. The first kappa shape index (κ1) is 33.6. The van der Waals surface area contributed by atoms with E-state index >= 15 is 0 Å². The van der Waals surface area contributed by atoms with Crippen LogP contribution in [0.2, 0.25) is 0 Å². The van der Waals surface area contributed by atoms with Gasteiger partial charge in [-0.05, 0) is 59.7 Å². The predicted molar refractivity (Wildman–Crippen MR) is 209 cm³/mol. The molecule has 9 aromatic rings. The molecular weight excluding hydrogens is 820 g/mol. The molecule has 0 atom stereocenters. The average molecular weight is 856 g/mol. The van der Waals surface area contributed by atoms with Gasteiger partial charge in [-0.2, -0.15) is 6.07 Å². The first-order valence-corrected chi connectivity index (χ1v) is 17.3. The first-order valence-electron chi connectivity index (χ1n) is 17.3. The van der Waals surface area contributed by atoms with Crippen molar-refractivity contribution in [3.05, 3.63) is 156 Å². The van der Waals surface area contributed by atoms with E-state index in [1.807, 2.05) is 30.5 Å². The van der Waals surface area contributed by atoms with E-state index in [1.54, 1.807) is 6.20 Å². The van der Waals surface area contributed by atoms with Crippen LogP contribution in [-0.2, 0) is 26.5 Å². The molecule has 0 aliphatic rings. The fraction of sp³-hybridized carbons (Fsp3) is 0.130. The van der Waals surface area contributed by atoms with Crippen LogP contribution in [0.25, 0.3) is 66.4 Å². The van der Waals surface area contributed by atoms with Crippen LogP contribution >= 0.6 is 0 Å². The zero-order valence-corrected chi connectivity index (χ0v) is 31.9. The summed E-state index contributed by atoms with van der Waals surface area (Å²) in [6.07, 6.45) is 3.71. The van der Waals surface area contributed by atoms with Gasteiger partial charge in [0.05, 0.1) is 16.7 Å². The molecule has 6 heteroatoms. The number of para-hydroxylation sites is 3. The Balaban J connectivity index is 0.00000387. The second-order valence-electron chi connectivity index (χ2n) is 14.3. The van der Waals surface area contributed by atoms with E-state index < -0.39 is 0 Å². The van der Waals surface area contributed by atoms with Gasteiger partial charge in [0.25, 0.3) is 0 Å². The topological polar surface area (TPSA) is 44.9 Å². The van der Waals surface area contributed by atoms with Crippen LogP contribution in [-0.4, -0.2) is 19.1 Å². The van der Waals surface area contributed by atoms with E-state index in [1.165, 1.54) is 32.9 Å². The monoisotopic (exact) mass is 855 g/mol. The maximum absolute atomic E-state index is 6.60. The van der Waals surface area contributed by atoms with Gasteiger partial charge in [0, 0.05) is 46.2 Å². The van der Waals surface area contributed by atoms with Crippen LogP contribution in [0.15, 0.2) is 128 Å². The normalized spacial score (nSPS) is 11.8. The van der Waals surface area contributed by atoms with Crippen molar-refractivity contribution < 1.29 is 25.8 Å². The summed E-state index contributed by atoms with van der Waals surface area (Å²) in [7, 11) is 0. The summed E-state index contributed by atoms with van der Waals surface area (Å²) in [6.45, 7) is 11.0. The molecule has 0 aliphatic carbocycles. The number of benzene rings is 5. The number of ether oxygens (including phenoxy) is 1. The summed E-state index contributed by atoms with van der Waals surface area (Å²) in [5.74, 6) is 2.03. The third-order valence-corrected chi connectivity index (χ3v) is 9.86. The molecule has 0 bridgehead atoms. The molecule has 0 aliphatic heterocycles. The van der Waals surface area contributed by atoms with Crippen LogP contribution in [0, 0.1) is 26.0 Å². The summed E-state index contributed by atoms with van der Waals surface area (Å²) < 4.78 is 11.2. The van der Waals surface area contributed by atoms with Crippen LogP contribution < -0.4 is 4.74 Å². The summed E-state index contributed by atoms with van der Waals surface area (Å²) >= 11 is 0. The summed E-state index contributed by atoms with van der Waals surface area (Å²) in [6, 6.07) is 47.2. The Kier molecular flexibility index (Phi) is 8.35. The van der Waals surface area contributed by atoms with Gasteiger partial charge in [0.15, 0.2) is 0 Å². The number of hydrogen-bond donors (Lipinski definition) is 0. The van der Waals surface area contributed by atoms with Gasteiger partial charge in [-0.15, -0.1) is 34.7 Å². The van der Waals surface area contributed by atoms with E-state index in [4.69, 9.17) is 9.72 Å². The molecule has 52 heavy (non-hydrogen) atoms. The molecule has 0 amide bonds. The molecule has 0 spiro atoms. The van der Waals surface area contributed by atoms with E-state index in [0.29, 0.717) is 11.5 Å². The third kappa shape index (κ3) is 5.61. The van der Waals surface area contributed by atoms with Crippen LogP contribution in [0.1, 0.15) is 37.5 Å². The second kappa shape index (κ2) is 12.9. The minimum atomic E-state index is -0.0963. The molecular formula is C46H36N4OPt. The maximum atomic E-state index is 6.60. The van der Waals surface area contributed by atoms with E-state index in [0.717, 1.165) is 50.1 Å². The van der Waals surface area contributed by atoms with Gasteiger partial charge in [-0.25, -0.2) is 4.98 Å². The van der Waals surface area contributed by atoms with Gasteiger partial charge < -0.3 is 18.9 Å². The predicted octanol–water partition coefficient (Wildman–Crippen LogP) is 11.6. The van der Waals surface area contributed by atoms with Crippen molar-refractivity contribution in [1.82, 2.24) is 19.1 Å². The number of fused-ring (bicyclic) bond motifs is 6. The Morgan fingerprint density at radius 2 is 1.31 bits per heavy atom.